The van der Waals surface area contributed by atoms with Gasteiger partial charge in [0.2, 0.25) is 0 Å². The maximum atomic E-state index is 12.5. The highest BCUT2D eigenvalue weighted by molar-refractivity contribution is 8.14. The fraction of sp³-hybridized carbons (Fsp3) is 0.194. The first kappa shape index (κ1) is 26.9. The van der Waals surface area contributed by atoms with Crippen molar-refractivity contribution in [1.82, 2.24) is 9.55 Å². The van der Waals surface area contributed by atoms with E-state index in [2.05, 4.69) is 62.9 Å². The lowest BCUT2D eigenvalue weighted by Crippen LogP contribution is -2.24. The summed E-state index contributed by atoms with van der Waals surface area (Å²) in [5.41, 5.74) is 5.71. The molecule has 0 bridgehead atoms. The molecule has 0 spiro atoms. The second kappa shape index (κ2) is 10.9. The predicted octanol–water partition coefficient (Wildman–Crippen LogP) is 8.14. The summed E-state index contributed by atoms with van der Waals surface area (Å²) in [6.45, 7) is 5.29. The maximum Gasteiger partial charge on any atom is 0.573 e. The Labute approximate surface area is 239 Å². The Hall–Kier alpha value is -4.31. The number of ether oxygens (including phenoxy) is 1. The zero-order valence-corrected chi connectivity index (χ0v) is 23.2. The standard InChI is InChI=1S/C31H26F3N5OS/c1-20(2)25-5-3-4-6-27(25)38-15-16-41-30(38)37-36-18-21-7-13-26-22(17-21)8-14-28-29(26)35-19-39(28)23-9-11-24(12-10-23)40-31(32,33)34/h3-14,17-20H,15-16H2,1-2H3/b36-18+,37-30+. The highest BCUT2D eigenvalue weighted by atomic mass is 32.2. The van der Waals surface area contributed by atoms with Crippen LogP contribution >= 0.6 is 11.8 Å². The van der Waals surface area contributed by atoms with E-state index in [9.17, 15) is 13.2 Å². The second-order valence-electron chi connectivity index (χ2n) is 9.91. The Balaban J connectivity index is 1.24. The molecule has 0 unspecified atom stereocenters. The van der Waals surface area contributed by atoms with E-state index < -0.39 is 6.36 Å². The van der Waals surface area contributed by atoms with Crippen LogP contribution in [0.3, 0.4) is 0 Å². The molecule has 6 rings (SSSR count). The fourth-order valence-electron chi connectivity index (χ4n) is 5.00. The molecule has 41 heavy (non-hydrogen) atoms. The molecular weight excluding hydrogens is 547 g/mol. The van der Waals surface area contributed by atoms with Crippen LogP contribution in [-0.4, -0.2) is 39.6 Å². The molecule has 0 N–H and O–H groups in total. The summed E-state index contributed by atoms with van der Waals surface area (Å²) in [5.74, 6) is 1.11. The minimum Gasteiger partial charge on any atom is -0.406 e. The monoisotopic (exact) mass is 573 g/mol. The van der Waals surface area contributed by atoms with Crippen LogP contribution in [0.5, 0.6) is 5.75 Å². The van der Waals surface area contributed by atoms with Crippen molar-refractivity contribution < 1.29 is 17.9 Å². The van der Waals surface area contributed by atoms with Gasteiger partial charge < -0.3 is 9.64 Å². The van der Waals surface area contributed by atoms with Crippen molar-refractivity contribution in [2.45, 2.75) is 26.1 Å². The molecule has 0 aliphatic carbocycles. The van der Waals surface area contributed by atoms with E-state index >= 15 is 0 Å². The van der Waals surface area contributed by atoms with Gasteiger partial charge in [0.15, 0.2) is 5.17 Å². The summed E-state index contributed by atoms with van der Waals surface area (Å²) in [6, 6.07) is 24.1. The third-order valence-electron chi connectivity index (χ3n) is 6.88. The molecule has 1 fully saturated rings. The van der Waals surface area contributed by atoms with Gasteiger partial charge in [0.1, 0.15) is 12.1 Å². The summed E-state index contributed by atoms with van der Waals surface area (Å²) < 4.78 is 43.3. The van der Waals surface area contributed by atoms with Crippen LogP contribution in [0, 0.1) is 0 Å². The smallest absolute Gasteiger partial charge is 0.406 e. The number of fused-ring (bicyclic) bond motifs is 3. The van der Waals surface area contributed by atoms with Crippen LogP contribution in [0.25, 0.3) is 27.5 Å². The zero-order valence-electron chi connectivity index (χ0n) is 22.3. The Morgan fingerprint density at radius 2 is 1.80 bits per heavy atom. The quantitative estimate of drug-likeness (QED) is 0.152. The number of amidine groups is 1. The van der Waals surface area contributed by atoms with Crippen LogP contribution in [0.1, 0.15) is 30.9 Å². The summed E-state index contributed by atoms with van der Waals surface area (Å²) in [5, 5.41) is 11.8. The van der Waals surface area contributed by atoms with E-state index in [0.29, 0.717) is 11.6 Å². The van der Waals surface area contributed by atoms with Crippen molar-refractivity contribution >= 4 is 50.6 Å². The van der Waals surface area contributed by atoms with Crippen molar-refractivity contribution in [3.63, 3.8) is 0 Å². The SMILES string of the molecule is CC(C)c1ccccc1N1CCS/C1=N/N=C/c1ccc2c(ccc3c2ncn3-c2ccc(OC(F)(F)F)cc2)c1. The molecule has 1 saturated heterocycles. The molecule has 1 aliphatic rings. The zero-order chi connectivity index (χ0) is 28.6. The molecular formula is C31H26F3N5OS. The Kier molecular flexibility index (Phi) is 7.17. The van der Waals surface area contributed by atoms with E-state index in [0.717, 1.165) is 44.8 Å². The first-order chi connectivity index (χ1) is 19.8. The van der Waals surface area contributed by atoms with Gasteiger partial charge in [-0.25, -0.2) is 4.98 Å². The number of imidazole rings is 1. The topological polar surface area (TPSA) is 55.0 Å². The molecule has 1 aromatic heterocycles. The minimum absolute atomic E-state index is 0.268. The van der Waals surface area contributed by atoms with E-state index in [1.54, 1.807) is 36.4 Å². The average molecular weight is 574 g/mol. The van der Waals surface area contributed by atoms with Gasteiger partial charge >= 0.3 is 6.36 Å². The molecule has 6 nitrogen and oxygen atoms in total. The predicted molar refractivity (Wildman–Crippen MR) is 161 cm³/mol. The Morgan fingerprint density at radius 1 is 1.00 bits per heavy atom. The lowest BCUT2D eigenvalue weighted by molar-refractivity contribution is -0.274. The third-order valence-corrected chi connectivity index (χ3v) is 7.83. The van der Waals surface area contributed by atoms with Crippen LogP contribution < -0.4 is 9.64 Å². The highest BCUT2D eigenvalue weighted by Crippen LogP contribution is 2.33. The van der Waals surface area contributed by atoms with Gasteiger partial charge in [-0.2, -0.15) is 5.10 Å². The van der Waals surface area contributed by atoms with E-state index in [4.69, 9.17) is 0 Å². The number of aromatic nitrogens is 2. The number of para-hydroxylation sites is 1. The van der Waals surface area contributed by atoms with Gasteiger partial charge in [-0.05, 0) is 64.9 Å². The van der Waals surface area contributed by atoms with Crippen LogP contribution in [0.2, 0.25) is 0 Å². The van der Waals surface area contributed by atoms with Crippen molar-refractivity contribution in [3.8, 4) is 11.4 Å². The summed E-state index contributed by atoms with van der Waals surface area (Å²) in [6.07, 6.45) is -1.31. The van der Waals surface area contributed by atoms with Gasteiger partial charge in [0.05, 0.1) is 17.2 Å². The van der Waals surface area contributed by atoms with Gasteiger partial charge in [-0.1, -0.05) is 62.0 Å². The number of halogens is 3. The normalized spacial score (nSPS) is 15.3. The number of thioether (sulfide) groups is 1. The number of anilines is 1. The molecule has 0 saturated carbocycles. The van der Waals surface area contributed by atoms with Crippen molar-refractivity contribution in [1.29, 1.82) is 0 Å². The molecule has 4 aromatic carbocycles. The van der Waals surface area contributed by atoms with Crippen molar-refractivity contribution in [2.75, 3.05) is 17.2 Å². The number of alkyl halides is 3. The molecule has 2 heterocycles. The number of hydrogen-bond donors (Lipinski definition) is 0. The third kappa shape index (κ3) is 5.65. The van der Waals surface area contributed by atoms with Crippen molar-refractivity contribution in [2.24, 2.45) is 10.2 Å². The number of nitrogens with zero attached hydrogens (tertiary/aromatic N) is 5. The average Bonchev–Trinajstić information content (AvgIpc) is 3.60. The summed E-state index contributed by atoms with van der Waals surface area (Å²) in [4.78, 5) is 6.83. The van der Waals surface area contributed by atoms with E-state index in [1.807, 2.05) is 34.9 Å². The molecule has 0 radical (unpaired) electrons. The lowest BCUT2D eigenvalue weighted by Gasteiger charge is -2.22. The first-order valence-electron chi connectivity index (χ1n) is 13.1. The lowest BCUT2D eigenvalue weighted by atomic mass is 10.0. The van der Waals surface area contributed by atoms with E-state index in [1.165, 1.54) is 23.4 Å². The van der Waals surface area contributed by atoms with Crippen LogP contribution in [0.15, 0.2) is 95.4 Å². The van der Waals surface area contributed by atoms with Crippen LogP contribution in [0.4, 0.5) is 18.9 Å². The Bertz CT molecular complexity index is 1780. The summed E-state index contributed by atoms with van der Waals surface area (Å²) in [7, 11) is 0. The largest absolute Gasteiger partial charge is 0.573 e. The number of hydrogen-bond acceptors (Lipinski definition) is 5. The number of rotatable bonds is 6. The molecule has 5 aromatic rings. The maximum absolute atomic E-state index is 12.5. The molecule has 0 atom stereocenters. The van der Waals surface area contributed by atoms with Gasteiger partial charge in [0.25, 0.3) is 0 Å². The second-order valence-corrected chi connectivity index (χ2v) is 11.0. The molecule has 0 amide bonds. The molecule has 1 aliphatic heterocycles. The summed E-state index contributed by atoms with van der Waals surface area (Å²) >= 11 is 1.70. The van der Waals surface area contributed by atoms with Gasteiger partial charge in [0, 0.05) is 29.1 Å². The number of benzene rings is 4. The van der Waals surface area contributed by atoms with Crippen molar-refractivity contribution in [3.05, 3.63) is 96.3 Å². The molecule has 208 valence electrons. The molecule has 10 heteroatoms. The first-order valence-corrected chi connectivity index (χ1v) is 14.1. The van der Waals surface area contributed by atoms with Crippen LogP contribution in [-0.2, 0) is 0 Å². The fourth-order valence-corrected chi connectivity index (χ4v) is 5.90. The highest BCUT2D eigenvalue weighted by Gasteiger charge is 2.31. The van der Waals surface area contributed by atoms with Gasteiger partial charge in [-0.15, -0.1) is 18.3 Å². The minimum atomic E-state index is -4.73. The Morgan fingerprint density at radius 3 is 2.59 bits per heavy atom. The van der Waals surface area contributed by atoms with Gasteiger partial charge in [-0.3, -0.25) is 4.57 Å². The van der Waals surface area contributed by atoms with E-state index in [-0.39, 0.29) is 5.75 Å².